The van der Waals surface area contributed by atoms with Crippen LogP contribution in [0.25, 0.3) is 10.8 Å². The highest BCUT2D eigenvalue weighted by molar-refractivity contribution is 5.93. The van der Waals surface area contributed by atoms with Gasteiger partial charge in [-0.15, -0.1) is 0 Å². The number of halogens is 3. The van der Waals surface area contributed by atoms with Gasteiger partial charge in [0.25, 0.3) is 0 Å². The SMILES string of the molecule is CCCCCc1cc(F)c(C(=O)Oc2ccc3c(F)c(C#N)ccc3c2)c(F)c1. The number of nitrogens with zero attached hydrogens (tertiary/aromatic N) is 1. The van der Waals surface area contributed by atoms with Crippen LogP contribution in [0.3, 0.4) is 0 Å². The zero-order chi connectivity index (χ0) is 21.0. The molecule has 0 bridgehead atoms. The number of esters is 1. The Morgan fingerprint density at radius 2 is 1.76 bits per heavy atom. The van der Waals surface area contributed by atoms with Crippen LogP contribution in [-0.4, -0.2) is 5.97 Å². The van der Waals surface area contributed by atoms with E-state index in [1.807, 2.05) is 6.92 Å². The minimum absolute atomic E-state index is 0.0115. The van der Waals surface area contributed by atoms with Gasteiger partial charge in [-0.2, -0.15) is 5.26 Å². The fourth-order valence-corrected chi connectivity index (χ4v) is 3.12. The van der Waals surface area contributed by atoms with E-state index in [1.165, 1.54) is 30.3 Å². The van der Waals surface area contributed by atoms with Crippen LogP contribution < -0.4 is 4.74 Å². The number of carbonyl (C=O) groups excluding carboxylic acids is 1. The molecule has 3 aromatic rings. The smallest absolute Gasteiger partial charge is 0.349 e. The summed E-state index contributed by atoms with van der Waals surface area (Å²) in [5, 5.41) is 9.45. The molecule has 0 unspecified atom stereocenters. The summed E-state index contributed by atoms with van der Waals surface area (Å²) in [5.74, 6) is -3.80. The minimum Gasteiger partial charge on any atom is -0.423 e. The zero-order valence-corrected chi connectivity index (χ0v) is 15.8. The van der Waals surface area contributed by atoms with E-state index in [-0.39, 0.29) is 16.7 Å². The van der Waals surface area contributed by atoms with Crippen molar-refractivity contribution in [2.45, 2.75) is 32.6 Å². The van der Waals surface area contributed by atoms with Gasteiger partial charge < -0.3 is 4.74 Å². The molecular weight excluding hydrogens is 379 g/mol. The standard InChI is InChI=1S/C23H18F3NO2/c1-2-3-4-5-14-10-19(24)21(20(25)11-14)23(28)29-17-8-9-18-15(12-17)6-7-16(13-27)22(18)26/h6-12H,2-5H2,1H3. The zero-order valence-electron chi connectivity index (χ0n) is 15.8. The van der Waals surface area contributed by atoms with Crippen molar-refractivity contribution in [3.05, 3.63) is 76.6 Å². The second-order valence-electron chi connectivity index (χ2n) is 6.70. The fourth-order valence-electron chi connectivity index (χ4n) is 3.12. The van der Waals surface area contributed by atoms with Gasteiger partial charge in [-0.3, -0.25) is 0 Å². The molecule has 0 aliphatic carbocycles. The Labute approximate surface area is 166 Å². The molecule has 29 heavy (non-hydrogen) atoms. The molecule has 0 aromatic heterocycles. The number of unbranched alkanes of at least 4 members (excludes halogenated alkanes) is 2. The van der Waals surface area contributed by atoms with Crippen molar-refractivity contribution in [3.8, 4) is 11.8 Å². The molecule has 0 saturated heterocycles. The predicted octanol–water partition coefficient (Wildman–Crippen LogP) is 6.08. The number of benzene rings is 3. The van der Waals surface area contributed by atoms with Crippen LogP contribution in [-0.2, 0) is 6.42 Å². The van der Waals surface area contributed by atoms with Gasteiger partial charge in [0.15, 0.2) is 0 Å². The van der Waals surface area contributed by atoms with Gasteiger partial charge in [0, 0.05) is 5.39 Å². The Balaban J connectivity index is 1.84. The Bertz CT molecular complexity index is 1100. The molecule has 0 N–H and O–H groups in total. The van der Waals surface area contributed by atoms with Crippen molar-refractivity contribution >= 4 is 16.7 Å². The molecule has 0 aliphatic rings. The van der Waals surface area contributed by atoms with Crippen molar-refractivity contribution in [2.24, 2.45) is 0 Å². The molecule has 0 radical (unpaired) electrons. The molecule has 0 atom stereocenters. The van der Waals surface area contributed by atoms with Crippen molar-refractivity contribution in [1.82, 2.24) is 0 Å². The number of ether oxygens (including phenoxy) is 1. The molecule has 0 spiro atoms. The van der Waals surface area contributed by atoms with Crippen LogP contribution in [0.5, 0.6) is 5.75 Å². The average molecular weight is 397 g/mol. The molecule has 0 amide bonds. The van der Waals surface area contributed by atoms with Crippen LogP contribution in [0.15, 0.2) is 42.5 Å². The summed E-state index contributed by atoms with van der Waals surface area (Å²) in [7, 11) is 0. The lowest BCUT2D eigenvalue weighted by Gasteiger charge is -2.09. The minimum atomic E-state index is -1.17. The van der Waals surface area contributed by atoms with E-state index in [1.54, 1.807) is 6.07 Å². The molecular formula is C23H18F3NO2. The number of aryl methyl sites for hydroxylation is 1. The quantitative estimate of drug-likeness (QED) is 0.288. The second kappa shape index (κ2) is 8.78. The fraction of sp³-hybridized carbons (Fsp3) is 0.217. The van der Waals surface area contributed by atoms with Gasteiger partial charge in [0.2, 0.25) is 0 Å². The van der Waals surface area contributed by atoms with Crippen LogP contribution >= 0.6 is 0 Å². The first-order valence-electron chi connectivity index (χ1n) is 9.27. The first-order chi connectivity index (χ1) is 13.9. The number of rotatable bonds is 6. The van der Waals surface area contributed by atoms with E-state index in [4.69, 9.17) is 10.00 Å². The summed E-state index contributed by atoms with van der Waals surface area (Å²) >= 11 is 0. The van der Waals surface area contributed by atoms with E-state index in [9.17, 15) is 18.0 Å². The van der Waals surface area contributed by atoms with Crippen LogP contribution in [0.1, 0.15) is 47.7 Å². The first kappa shape index (κ1) is 20.4. The largest absolute Gasteiger partial charge is 0.423 e. The van der Waals surface area contributed by atoms with Crippen molar-refractivity contribution in [1.29, 1.82) is 5.26 Å². The molecule has 0 heterocycles. The summed E-state index contributed by atoms with van der Waals surface area (Å²) in [6.45, 7) is 2.03. The Hall–Kier alpha value is -3.33. The molecule has 3 aromatic carbocycles. The summed E-state index contributed by atoms with van der Waals surface area (Å²) in [4.78, 5) is 12.3. The molecule has 3 rings (SSSR count). The van der Waals surface area contributed by atoms with Gasteiger partial charge >= 0.3 is 5.97 Å². The number of hydrogen-bond acceptors (Lipinski definition) is 3. The molecule has 0 saturated carbocycles. The highest BCUT2D eigenvalue weighted by Gasteiger charge is 2.21. The molecule has 6 heteroatoms. The Morgan fingerprint density at radius 3 is 2.41 bits per heavy atom. The lowest BCUT2D eigenvalue weighted by Crippen LogP contribution is -2.14. The summed E-state index contributed by atoms with van der Waals surface area (Å²) in [6, 6.07) is 10.9. The third-order valence-electron chi connectivity index (χ3n) is 4.63. The lowest BCUT2D eigenvalue weighted by molar-refractivity contribution is 0.0725. The maximum absolute atomic E-state index is 14.3. The van der Waals surface area contributed by atoms with E-state index < -0.39 is 29.0 Å². The van der Waals surface area contributed by atoms with Crippen molar-refractivity contribution in [3.63, 3.8) is 0 Å². The van der Waals surface area contributed by atoms with Gasteiger partial charge in [0.05, 0.1) is 5.56 Å². The number of hydrogen-bond donors (Lipinski definition) is 0. The summed E-state index contributed by atoms with van der Waals surface area (Å²) < 4.78 is 47.9. The van der Waals surface area contributed by atoms with Gasteiger partial charge in [0.1, 0.15) is 34.8 Å². The van der Waals surface area contributed by atoms with Crippen LogP contribution in [0, 0.1) is 28.8 Å². The maximum Gasteiger partial charge on any atom is 0.349 e. The van der Waals surface area contributed by atoms with Gasteiger partial charge in [-0.05, 0) is 60.2 Å². The number of fused-ring (bicyclic) bond motifs is 1. The van der Waals surface area contributed by atoms with Crippen molar-refractivity contribution < 1.29 is 22.7 Å². The monoisotopic (exact) mass is 397 g/mol. The Kier molecular flexibility index (Phi) is 6.18. The lowest BCUT2D eigenvalue weighted by atomic mass is 10.0. The van der Waals surface area contributed by atoms with E-state index >= 15 is 0 Å². The Morgan fingerprint density at radius 1 is 1.03 bits per heavy atom. The summed E-state index contributed by atoms with van der Waals surface area (Å²) in [5.41, 5.74) is -0.389. The predicted molar refractivity (Wildman–Crippen MR) is 103 cm³/mol. The van der Waals surface area contributed by atoms with Crippen LogP contribution in [0.2, 0.25) is 0 Å². The first-order valence-corrected chi connectivity index (χ1v) is 9.27. The second-order valence-corrected chi connectivity index (χ2v) is 6.70. The number of carbonyl (C=O) groups is 1. The summed E-state index contributed by atoms with van der Waals surface area (Å²) in [6.07, 6.45) is 3.27. The molecule has 148 valence electrons. The highest BCUT2D eigenvalue weighted by Crippen LogP contribution is 2.26. The third kappa shape index (κ3) is 4.40. The van der Waals surface area contributed by atoms with Gasteiger partial charge in [-0.25, -0.2) is 18.0 Å². The van der Waals surface area contributed by atoms with Crippen molar-refractivity contribution in [2.75, 3.05) is 0 Å². The number of nitriles is 1. The average Bonchev–Trinajstić information content (AvgIpc) is 2.68. The van der Waals surface area contributed by atoms with E-state index in [0.717, 1.165) is 31.4 Å². The highest BCUT2D eigenvalue weighted by atomic mass is 19.1. The normalized spacial score (nSPS) is 10.7. The molecule has 0 aliphatic heterocycles. The van der Waals surface area contributed by atoms with E-state index in [0.29, 0.717) is 17.4 Å². The molecule has 3 nitrogen and oxygen atoms in total. The molecule has 0 fully saturated rings. The third-order valence-corrected chi connectivity index (χ3v) is 4.63. The van der Waals surface area contributed by atoms with Crippen LogP contribution in [0.4, 0.5) is 13.2 Å². The van der Waals surface area contributed by atoms with Gasteiger partial charge in [-0.1, -0.05) is 25.8 Å². The topological polar surface area (TPSA) is 50.1 Å². The maximum atomic E-state index is 14.3. The van der Waals surface area contributed by atoms with E-state index in [2.05, 4.69) is 0 Å².